The zero-order valence-corrected chi connectivity index (χ0v) is 12.7. The van der Waals surface area contributed by atoms with E-state index >= 15 is 0 Å². The number of benzene rings is 2. The highest BCUT2D eigenvalue weighted by Crippen LogP contribution is 2.12. The van der Waals surface area contributed by atoms with Gasteiger partial charge in [0.15, 0.2) is 0 Å². The first-order chi connectivity index (χ1) is 10.8. The summed E-state index contributed by atoms with van der Waals surface area (Å²) in [6.07, 6.45) is 1.77. The van der Waals surface area contributed by atoms with Crippen LogP contribution in [0.2, 0.25) is 0 Å². The van der Waals surface area contributed by atoms with Gasteiger partial charge in [-0.3, -0.25) is 4.79 Å². The van der Waals surface area contributed by atoms with Crippen molar-refractivity contribution < 1.29 is 14.3 Å². The van der Waals surface area contributed by atoms with Gasteiger partial charge < -0.3 is 14.8 Å². The van der Waals surface area contributed by atoms with Gasteiger partial charge in [0, 0.05) is 12.1 Å². The number of rotatable bonds is 8. The van der Waals surface area contributed by atoms with E-state index in [1.165, 1.54) is 0 Å². The molecule has 0 atom stereocenters. The maximum atomic E-state index is 12.0. The molecule has 1 amide bonds. The number of ether oxygens (including phenoxy) is 2. The van der Waals surface area contributed by atoms with Crippen LogP contribution in [-0.2, 0) is 0 Å². The average Bonchev–Trinajstić information content (AvgIpc) is 2.58. The lowest BCUT2D eigenvalue weighted by Crippen LogP contribution is -2.24. The SMILES string of the molecule is COc1cccc(C(=O)NCCCCOc2ccccc2)c1. The Morgan fingerprint density at radius 3 is 2.55 bits per heavy atom. The summed E-state index contributed by atoms with van der Waals surface area (Å²) in [4.78, 5) is 12.0. The summed E-state index contributed by atoms with van der Waals surface area (Å²) in [6.45, 7) is 1.28. The normalized spacial score (nSPS) is 10.0. The minimum absolute atomic E-state index is 0.0807. The first-order valence-electron chi connectivity index (χ1n) is 7.39. The van der Waals surface area contributed by atoms with Gasteiger partial charge in [0.05, 0.1) is 13.7 Å². The molecule has 0 saturated carbocycles. The molecular weight excluding hydrogens is 278 g/mol. The highest BCUT2D eigenvalue weighted by Gasteiger charge is 2.05. The number of hydrogen-bond acceptors (Lipinski definition) is 3. The fraction of sp³-hybridized carbons (Fsp3) is 0.278. The standard InChI is InChI=1S/C18H21NO3/c1-21-17-11-7-8-15(14-17)18(20)19-12-5-6-13-22-16-9-3-2-4-10-16/h2-4,7-11,14H,5-6,12-13H2,1H3,(H,19,20). The molecule has 0 aliphatic rings. The molecule has 116 valence electrons. The van der Waals surface area contributed by atoms with Crippen molar-refractivity contribution in [3.63, 3.8) is 0 Å². The van der Waals surface area contributed by atoms with Gasteiger partial charge in [0.25, 0.3) is 5.91 Å². The molecule has 0 spiro atoms. The molecule has 1 N–H and O–H groups in total. The van der Waals surface area contributed by atoms with Crippen molar-refractivity contribution in [2.75, 3.05) is 20.3 Å². The second-order valence-electron chi connectivity index (χ2n) is 4.86. The van der Waals surface area contributed by atoms with E-state index in [0.717, 1.165) is 18.6 Å². The number of para-hydroxylation sites is 1. The summed E-state index contributed by atoms with van der Waals surface area (Å²) in [5.41, 5.74) is 0.611. The Morgan fingerprint density at radius 1 is 1.00 bits per heavy atom. The largest absolute Gasteiger partial charge is 0.497 e. The van der Waals surface area contributed by atoms with Gasteiger partial charge in [-0.25, -0.2) is 0 Å². The highest BCUT2D eigenvalue weighted by atomic mass is 16.5. The second kappa shape index (κ2) is 8.72. The van der Waals surface area contributed by atoms with E-state index in [2.05, 4.69) is 5.32 Å². The van der Waals surface area contributed by atoms with E-state index < -0.39 is 0 Å². The Kier molecular flexibility index (Phi) is 6.30. The van der Waals surface area contributed by atoms with Gasteiger partial charge in [-0.05, 0) is 43.2 Å². The third-order valence-electron chi connectivity index (χ3n) is 3.20. The summed E-state index contributed by atoms with van der Waals surface area (Å²) in [5.74, 6) is 1.48. The zero-order chi connectivity index (χ0) is 15.6. The third-order valence-corrected chi connectivity index (χ3v) is 3.20. The average molecular weight is 299 g/mol. The fourth-order valence-electron chi connectivity index (χ4n) is 2.00. The maximum absolute atomic E-state index is 12.0. The first kappa shape index (κ1) is 15.9. The third kappa shape index (κ3) is 5.13. The van der Waals surface area contributed by atoms with Crippen LogP contribution >= 0.6 is 0 Å². The maximum Gasteiger partial charge on any atom is 0.251 e. The number of unbranched alkanes of at least 4 members (excludes halogenated alkanes) is 1. The van der Waals surface area contributed by atoms with Gasteiger partial charge >= 0.3 is 0 Å². The molecule has 0 bridgehead atoms. The van der Waals surface area contributed by atoms with E-state index in [1.54, 1.807) is 25.3 Å². The van der Waals surface area contributed by atoms with Gasteiger partial charge in [0.2, 0.25) is 0 Å². The molecule has 0 aliphatic heterocycles. The number of amides is 1. The van der Waals surface area contributed by atoms with Crippen molar-refractivity contribution in [1.29, 1.82) is 0 Å². The van der Waals surface area contributed by atoms with Gasteiger partial charge in [-0.15, -0.1) is 0 Å². The summed E-state index contributed by atoms with van der Waals surface area (Å²) in [7, 11) is 1.59. The van der Waals surface area contributed by atoms with E-state index in [0.29, 0.717) is 24.5 Å². The lowest BCUT2D eigenvalue weighted by molar-refractivity contribution is 0.0952. The molecule has 0 radical (unpaired) electrons. The molecule has 22 heavy (non-hydrogen) atoms. The smallest absolute Gasteiger partial charge is 0.251 e. The lowest BCUT2D eigenvalue weighted by Gasteiger charge is -2.08. The van der Waals surface area contributed by atoms with Crippen molar-refractivity contribution in [3.05, 3.63) is 60.2 Å². The summed E-state index contributed by atoms with van der Waals surface area (Å²) < 4.78 is 10.7. The number of nitrogens with one attached hydrogen (secondary N) is 1. The molecule has 4 nitrogen and oxygen atoms in total. The van der Waals surface area contributed by atoms with Crippen LogP contribution in [0.25, 0.3) is 0 Å². The molecule has 0 aromatic heterocycles. The van der Waals surface area contributed by atoms with E-state index in [1.807, 2.05) is 36.4 Å². The van der Waals surface area contributed by atoms with Crippen molar-refractivity contribution in [1.82, 2.24) is 5.32 Å². The topological polar surface area (TPSA) is 47.6 Å². The molecule has 0 fully saturated rings. The van der Waals surface area contributed by atoms with Crippen LogP contribution in [0.3, 0.4) is 0 Å². The molecule has 0 unspecified atom stereocenters. The number of carbonyl (C=O) groups is 1. The van der Waals surface area contributed by atoms with Crippen LogP contribution in [0.4, 0.5) is 0 Å². The van der Waals surface area contributed by atoms with Crippen molar-refractivity contribution >= 4 is 5.91 Å². The molecular formula is C18H21NO3. The molecule has 2 aromatic rings. The Bertz CT molecular complexity index is 584. The summed E-state index contributed by atoms with van der Waals surface area (Å²) in [5, 5.41) is 2.90. The fourth-order valence-corrected chi connectivity index (χ4v) is 2.00. The number of carbonyl (C=O) groups excluding carboxylic acids is 1. The van der Waals surface area contributed by atoms with Crippen LogP contribution in [0.15, 0.2) is 54.6 Å². The van der Waals surface area contributed by atoms with Gasteiger partial charge in [0.1, 0.15) is 11.5 Å². The Labute approximate surface area is 131 Å². The second-order valence-corrected chi connectivity index (χ2v) is 4.86. The highest BCUT2D eigenvalue weighted by molar-refractivity contribution is 5.94. The molecule has 0 heterocycles. The predicted molar refractivity (Wildman–Crippen MR) is 86.5 cm³/mol. The van der Waals surface area contributed by atoms with Crippen LogP contribution in [-0.4, -0.2) is 26.2 Å². The van der Waals surface area contributed by atoms with Crippen molar-refractivity contribution in [2.45, 2.75) is 12.8 Å². The number of hydrogen-bond donors (Lipinski definition) is 1. The monoisotopic (exact) mass is 299 g/mol. The van der Waals surface area contributed by atoms with E-state index in [-0.39, 0.29) is 5.91 Å². The summed E-state index contributed by atoms with van der Waals surface area (Å²) >= 11 is 0. The van der Waals surface area contributed by atoms with Crippen LogP contribution in [0.5, 0.6) is 11.5 Å². The van der Waals surface area contributed by atoms with Crippen LogP contribution in [0.1, 0.15) is 23.2 Å². The van der Waals surface area contributed by atoms with Crippen LogP contribution < -0.4 is 14.8 Å². The molecule has 2 aromatic carbocycles. The zero-order valence-electron chi connectivity index (χ0n) is 12.7. The van der Waals surface area contributed by atoms with Gasteiger partial charge in [-0.2, -0.15) is 0 Å². The Balaban J connectivity index is 1.63. The van der Waals surface area contributed by atoms with Crippen molar-refractivity contribution in [3.8, 4) is 11.5 Å². The molecule has 4 heteroatoms. The number of methoxy groups -OCH3 is 1. The quantitative estimate of drug-likeness (QED) is 0.761. The minimum Gasteiger partial charge on any atom is -0.497 e. The lowest BCUT2D eigenvalue weighted by atomic mass is 10.2. The van der Waals surface area contributed by atoms with Gasteiger partial charge in [-0.1, -0.05) is 24.3 Å². The van der Waals surface area contributed by atoms with Crippen LogP contribution in [0, 0.1) is 0 Å². The molecule has 0 aliphatic carbocycles. The van der Waals surface area contributed by atoms with E-state index in [9.17, 15) is 4.79 Å². The van der Waals surface area contributed by atoms with Crippen molar-refractivity contribution in [2.24, 2.45) is 0 Å². The minimum atomic E-state index is -0.0807. The molecule has 2 rings (SSSR count). The predicted octanol–water partition coefficient (Wildman–Crippen LogP) is 3.28. The molecule has 0 saturated heterocycles. The Hall–Kier alpha value is -2.49. The summed E-state index contributed by atoms with van der Waals surface area (Å²) in [6, 6.07) is 16.9. The first-order valence-corrected chi connectivity index (χ1v) is 7.39. The Morgan fingerprint density at radius 2 is 1.77 bits per heavy atom. The van der Waals surface area contributed by atoms with E-state index in [4.69, 9.17) is 9.47 Å².